The van der Waals surface area contributed by atoms with E-state index in [1.165, 1.54) is 0 Å². The van der Waals surface area contributed by atoms with Crippen LogP contribution in [0, 0.1) is 0 Å². The van der Waals surface area contributed by atoms with Gasteiger partial charge in [0.1, 0.15) is 5.69 Å². The maximum absolute atomic E-state index is 12.4. The Morgan fingerprint density at radius 1 is 1.33 bits per heavy atom. The normalized spacial score (nSPS) is 15.8. The molecule has 1 N–H and O–H groups in total. The number of nitrogens with one attached hydrogen (secondary N) is 1. The van der Waals surface area contributed by atoms with Gasteiger partial charge in [-0.05, 0) is 30.5 Å². The molecule has 0 saturated carbocycles. The number of para-hydroxylation sites is 1. The van der Waals surface area contributed by atoms with Crippen LogP contribution in [0.2, 0.25) is 0 Å². The number of hydrogen-bond donors (Lipinski definition) is 1. The van der Waals surface area contributed by atoms with Crippen molar-refractivity contribution in [2.24, 2.45) is 0 Å². The number of rotatable bonds is 3. The Kier molecular flexibility index (Phi) is 3.97. The van der Waals surface area contributed by atoms with Gasteiger partial charge in [-0.1, -0.05) is 30.9 Å². The molecule has 1 aliphatic rings. The molecule has 1 fully saturated rings. The van der Waals surface area contributed by atoms with Crippen molar-refractivity contribution < 1.29 is 9.53 Å². The van der Waals surface area contributed by atoms with Gasteiger partial charge in [-0.3, -0.25) is 4.79 Å². The van der Waals surface area contributed by atoms with Crippen molar-refractivity contribution in [1.29, 1.82) is 0 Å². The average Bonchev–Trinajstić information content (AvgIpc) is 2.54. The molecule has 1 saturated heterocycles. The van der Waals surface area contributed by atoms with Crippen LogP contribution in [0.4, 0.5) is 0 Å². The number of aromatic nitrogens is 1. The molecule has 0 bridgehead atoms. The van der Waals surface area contributed by atoms with Gasteiger partial charge in [-0.2, -0.15) is 0 Å². The molecular formula is C17H18N2O2. The summed E-state index contributed by atoms with van der Waals surface area (Å²) in [5, 5.41) is 4.04. The third-order valence-corrected chi connectivity index (χ3v) is 3.76. The van der Waals surface area contributed by atoms with Crippen LogP contribution in [0.25, 0.3) is 17.0 Å². The Hall–Kier alpha value is -2.20. The van der Waals surface area contributed by atoms with Crippen molar-refractivity contribution >= 4 is 22.9 Å². The molecule has 0 aliphatic carbocycles. The zero-order chi connectivity index (χ0) is 14.7. The summed E-state index contributed by atoms with van der Waals surface area (Å²) in [6.07, 6.45) is 3.47. The van der Waals surface area contributed by atoms with Crippen LogP contribution < -0.4 is 5.32 Å². The van der Waals surface area contributed by atoms with Gasteiger partial charge in [-0.15, -0.1) is 0 Å². The zero-order valence-electron chi connectivity index (χ0n) is 11.8. The van der Waals surface area contributed by atoms with E-state index >= 15 is 0 Å². The number of carbonyl (C=O) groups is 1. The van der Waals surface area contributed by atoms with E-state index in [4.69, 9.17) is 4.74 Å². The van der Waals surface area contributed by atoms with E-state index in [2.05, 4.69) is 16.9 Å². The van der Waals surface area contributed by atoms with Crippen molar-refractivity contribution in [1.82, 2.24) is 10.3 Å². The standard InChI is InChI=1S/C17H18N2O2/c1-2-12-11-16(19-15-6-4-3-5-14(12)15)17(20)18-13-7-9-21-10-8-13/h2-6,11,13H,1,7-10H2,(H,18,20). The Bertz CT molecular complexity index is 676. The third-order valence-electron chi connectivity index (χ3n) is 3.76. The van der Waals surface area contributed by atoms with Crippen LogP contribution in [0.3, 0.4) is 0 Å². The minimum absolute atomic E-state index is 0.129. The lowest BCUT2D eigenvalue weighted by Crippen LogP contribution is -2.39. The van der Waals surface area contributed by atoms with Gasteiger partial charge in [0.25, 0.3) is 5.91 Å². The second kappa shape index (κ2) is 6.06. The first-order valence-corrected chi connectivity index (χ1v) is 7.19. The number of amides is 1. The highest BCUT2D eigenvalue weighted by Crippen LogP contribution is 2.19. The molecule has 108 valence electrons. The van der Waals surface area contributed by atoms with Crippen molar-refractivity contribution in [3.8, 4) is 0 Å². The van der Waals surface area contributed by atoms with E-state index < -0.39 is 0 Å². The molecule has 1 aromatic carbocycles. The van der Waals surface area contributed by atoms with Crippen molar-refractivity contribution in [2.75, 3.05) is 13.2 Å². The molecule has 3 rings (SSSR count). The minimum atomic E-state index is -0.129. The molecular weight excluding hydrogens is 264 g/mol. The van der Waals surface area contributed by atoms with E-state index in [0.717, 1.165) is 29.3 Å². The summed E-state index contributed by atoms with van der Waals surface area (Å²) >= 11 is 0. The van der Waals surface area contributed by atoms with Gasteiger partial charge in [0.2, 0.25) is 0 Å². The summed E-state index contributed by atoms with van der Waals surface area (Å²) in [5.41, 5.74) is 2.18. The van der Waals surface area contributed by atoms with Crippen molar-refractivity contribution in [2.45, 2.75) is 18.9 Å². The fraction of sp³-hybridized carbons (Fsp3) is 0.294. The second-order valence-electron chi connectivity index (χ2n) is 5.18. The molecule has 4 heteroatoms. The second-order valence-corrected chi connectivity index (χ2v) is 5.18. The first-order chi connectivity index (χ1) is 10.3. The number of pyridine rings is 1. The lowest BCUT2D eigenvalue weighted by Gasteiger charge is -2.23. The summed E-state index contributed by atoms with van der Waals surface area (Å²) in [4.78, 5) is 16.8. The van der Waals surface area contributed by atoms with Gasteiger partial charge in [0.05, 0.1) is 5.52 Å². The first-order valence-electron chi connectivity index (χ1n) is 7.19. The predicted molar refractivity (Wildman–Crippen MR) is 83.1 cm³/mol. The smallest absolute Gasteiger partial charge is 0.270 e. The molecule has 2 heterocycles. The summed E-state index contributed by atoms with van der Waals surface area (Å²) < 4.78 is 5.30. The molecule has 2 aromatic rings. The molecule has 0 unspecified atom stereocenters. The fourth-order valence-corrected chi connectivity index (χ4v) is 2.59. The van der Waals surface area contributed by atoms with Crippen LogP contribution in [0.5, 0.6) is 0 Å². The number of carbonyl (C=O) groups excluding carboxylic acids is 1. The van der Waals surface area contributed by atoms with Gasteiger partial charge >= 0.3 is 0 Å². The van der Waals surface area contributed by atoms with Crippen molar-refractivity contribution in [3.05, 3.63) is 48.2 Å². The monoisotopic (exact) mass is 282 g/mol. The molecule has 0 radical (unpaired) electrons. The Labute approximate surface area is 123 Å². The third kappa shape index (κ3) is 2.95. The number of ether oxygens (including phenoxy) is 1. The summed E-state index contributed by atoms with van der Waals surface area (Å²) in [7, 11) is 0. The zero-order valence-corrected chi connectivity index (χ0v) is 11.8. The highest BCUT2D eigenvalue weighted by atomic mass is 16.5. The first kappa shape index (κ1) is 13.8. The largest absolute Gasteiger partial charge is 0.381 e. The summed E-state index contributed by atoms with van der Waals surface area (Å²) in [6.45, 7) is 5.23. The summed E-state index contributed by atoms with van der Waals surface area (Å²) in [6, 6.07) is 9.74. The Morgan fingerprint density at radius 3 is 2.86 bits per heavy atom. The SMILES string of the molecule is C=Cc1cc(C(=O)NC2CCOCC2)nc2ccccc12. The number of nitrogens with zero attached hydrogens (tertiary/aromatic N) is 1. The molecule has 0 atom stereocenters. The molecule has 4 nitrogen and oxygen atoms in total. The Morgan fingerprint density at radius 2 is 2.10 bits per heavy atom. The average molecular weight is 282 g/mol. The van der Waals surface area contributed by atoms with E-state index in [0.29, 0.717) is 18.9 Å². The number of benzene rings is 1. The maximum Gasteiger partial charge on any atom is 0.270 e. The van der Waals surface area contributed by atoms with E-state index in [1.807, 2.05) is 24.3 Å². The molecule has 1 aliphatic heterocycles. The number of hydrogen-bond acceptors (Lipinski definition) is 3. The van der Waals surface area contributed by atoms with Crippen molar-refractivity contribution in [3.63, 3.8) is 0 Å². The molecule has 0 spiro atoms. The van der Waals surface area contributed by atoms with E-state index in [9.17, 15) is 4.79 Å². The lowest BCUT2D eigenvalue weighted by molar-refractivity contribution is 0.0694. The predicted octanol–water partition coefficient (Wildman–Crippen LogP) is 2.79. The van der Waals surface area contributed by atoms with Crippen LogP contribution in [0.15, 0.2) is 36.9 Å². The fourth-order valence-electron chi connectivity index (χ4n) is 2.59. The van der Waals surface area contributed by atoms with E-state index in [1.54, 1.807) is 12.1 Å². The molecule has 1 amide bonds. The minimum Gasteiger partial charge on any atom is -0.381 e. The lowest BCUT2D eigenvalue weighted by atomic mass is 10.1. The highest BCUT2D eigenvalue weighted by Gasteiger charge is 2.18. The maximum atomic E-state index is 12.4. The van der Waals surface area contributed by atoms with E-state index in [-0.39, 0.29) is 11.9 Å². The van der Waals surface area contributed by atoms with Gasteiger partial charge in [0, 0.05) is 24.6 Å². The molecule has 21 heavy (non-hydrogen) atoms. The summed E-state index contributed by atoms with van der Waals surface area (Å²) in [5.74, 6) is -0.129. The highest BCUT2D eigenvalue weighted by molar-refractivity contribution is 5.97. The Balaban J connectivity index is 1.88. The quantitative estimate of drug-likeness (QED) is 0.941. The van der Waals surface area contributed by atoms with Gasteiger partial charge < -0.3 is 10.1 Å². The topological polar surface area (TPSA) is 51.2 Å². The van der Waals surface area contributed by atoms with Crippen LogP contribution in [-0.4, -0.2) is 30.1 Å². The number of fused-ring (bicyclic) bond motifs is 1. The van der Waals surface area contributed by atoms with Gasteiger partial charge in [-0.25, -0.2) is 4.98 Å². The molecule has 1 aromatic heterocycles. The van der Waals surface area contributed by atoms with Crippen LogP contribution in [-0.2, 0) is 4.74 Å². The van der Waals surface area contributed by atoms with Crippen LogP contribution >= 0.6 is 0 Å². The van der Waals surface area contributed by atoms with Gasteiger partial charge in [0.15, 0.2) is 0 Å². The van der Waals surface area contributed by atoms with Crippen LogP contribution in [0.1, 0.15) is 28.9 Å².